The molecule has 0 radical (unpaired) electrons. The SMILES string of the molecule is O=C(O)CCC1CCCCN1C(=O)CNc1ccccc1. The van der Waals surface area contributed by atoms with Crippen molar-refractivity contribution in [3.05, 3.63) is 30.3 Å². The highest BCUT2D eigenvalue weighted by Gasteiger charge is 2.26. The molecule has 1 saturated heterocycles. The van der Waals surface area contributed by atoms with Crippen molar-refractivity contribution in [2.45, 2.75) is 38.1 Å². The van der Waals surface area contributed by atoms with Crippen LogP contribution in [0.1, 0.15) is 32.1 Å². The van der Waals surface area contributed by atoms with E-state index in [-0.39, 0.29) is 24.9 Å². The molecule has 2 rings (SSSR count). The van der Waals surface area contributed by atoms with Gasteiger partial charge in [0.25, 0.3) is 0 Å². The molecule has 1 atom stereocenters. The number of piperidine rings is 1. The Kier molecular flexibility index (Phi) is 5.60. The van der Waals surface area contributed by atoms with Crippen molar-refractivity contribution >= 4 is 17.6 Å². The van der Waals surface area contributed by atoms with Crippen LogP contribution in [0.15, 0.2) is 30.3 Å². The Labute approximate surface area is 125 Å². The van der Waals surface area contributed by atoms with Crippen LogP contribution in [-0.4, -0.2) is 41.0 Å². The average molecular weight is 290 g/mol. The Morgan fingerprint density at radius 3 is 2.71 bits per heavy atom. The topological polar surface area (TPSA) is 69.6 Å². The van der Waals surface area contributed by atoms with Crippen LogP contribution < -0.4 is 5.32 Å². The molecule has 0 saturated carbocycles. The van der Waals surface area contributed by atoms with Crippen molar-refractivity contribution in [1.82, 2.24) is 4.90 Å². The van der Waals surface area contributed by atoms with E-state index in [4.69, 9.17) is 5.11 Å². The van der Waals surface area contributed by atoms with Crippen LogP contribution in [0.5, 0.6) is 0 Å². The van der Waals surface area contributed by atoms with Gasteiger partial charge in [-0.1, -0.05) is 18.2 Å². The van der Waals surface area contributed by atoms with E-state index in [0.29, 0.717) is 6.42 Å². The van der Waals surface area contributed by atoms with E-state index in [0.717, 1.165) is 31.5 Å². The van der Waals surface area contributed by atoms with Crippen LogP contribution in [0.2, 0.25) is 0 Å². The Morgan fingerprint density at radius 1 is 1.24 bits per heavy atom. The number of aliphatic carboxylic acids is 1. The molecule has 5 nitrogen and oxygen atoms in total. The van der Waals surface area contributed by atoms with E-state index in [9.17, 15) is 9.59 Å². The molecule has 1 aromatic rings. The number of carbonyl (C=O) groups is 2. The van der Waals surface area contributed by atoms with Crippen molar-refractivity contribution in [2.24, 2.45) is 0 Å². The van der Waals surface area contributed by atoms with Gasteiger partial charge in [0.15, 0.2) is 0 Å². The van der Waals surface area contributed by atoms with Crippen LogP contribution in [0.3, 0.4) is 0 Å². The first-order valence-corrected chi connectivity index (χ1v) is 7.47. The molecule has 0 bridgehead atoms. The number of nitrogens with one attached hydrogen (secondary N) is 1. The van der Waals surface area contributed by atoms with Crippen LogP contribution in [0, 0.1) is 0 Å². The maximum Gasteiger partial charge on any atom is 0.303 e. The second-order valence-electron chi connectivity index (χ2n) is 5.39. The standard InChI is InChI=1S/C16H22N2O3/c19-15(12-17-13-6-2-1-3-7-13)18-11-5-4-8-14(18)9-10-16(20)21/h1-3,6-7,14,17H,4-5,8-12H2,(H,20,21). The molecule has 1 aliphatic heterocycles. The number of carboxylic acids is 1. The third kappa shape index (κ3) is 4.77. The van der Waals surface area contributed by atoms with Crippen LogP contribution in [0.4, 0.5) is 5.69 Å². The van der Waals surface area contributed by atoms with Crippen molar-refractivity contribution in [3.63, 3.8) is 0 Å². The maximum absolute atomic E-state index is 12.3. The minimum atomic E-state index is -0.796. The average Bonchev–Trinajstić information content (AvgIpc) is 2.52. The molecule has 1 unspecified atom stereocenters. The minimum absolute atomic E-state index is 0.0499. The van der Waals surface area contributed by atoms with E-state index in [1.807, 2.05) is 35.2 Å². The largest absolute Gasteiger partial charge is 0.481 e. The summed E-state index contributed by atoms with van der Waals surface area (Å²) in [6.07, 6.45) is 3.65. The summed E-state index contributed by atoms with van der Waals surface area (Å²) >= 11 is 0. The van der Waals surface area contributed by atoms with E-state index < -0.39 is 5.97 Å². The third-order valence-electron chi connectivity index (χ3n) is 3.86. The third-order valence-corrected chi connectivity index (χ3v) is 3.86. The fourth-order valence-corrected chi connectivity index (χ4v) is 2.75. The Bertz CT molecular complexity index is 476. The molecule has 2 N–H and O–H groups in total. The number of benzene rings is 1. The summed E-state index contributed by atoms with van der Waals surface area (Å²) in [4.78, 5) is 24.9. The van der Waals surface area contributed by atoms with Gasteiger partial charge in [-0.3, -0.25) is 9.59 Å². The molecule has 0 aliphatic carbocycles. The lowest BCUT2D eigenvalue weighted by molar-refractivity contribution is -0.139. The van der Waals surface area contributed by atoms with Gasteiger partial charge in [0.1, 0.15) is 0 Å². The number of anilines is 1. The van der Waals surface area contributed by atoms with Crippen molar-refractivity contribution in [3.8, 4) is 0 Å². The molecule has 1 aromatic carbocycles. The number of para-hydroxylation sites is 1. The zero-order valence-electron chi connectivity index (χ0n) is 12.1. The molecule has 0 spiro atoms. The molecule has 1 amide bonds. The summed E-state index contributed by atoms with van der Waals surface area (Å²) in [5, 5.41) is 11.9. The molecule has 1 aliphatic rings. The lowest BCUT2D eigenvalue weighted by Gasteiger charge is -2.35. The van der Waals surface area contributed by atoms with Gasteiger partial charge < -0.3 is 15.3 Å². The van der Waals surface area contributed by atoms with E-state index in [1.54, 1.807) is 0 Å². The quantitative estimate of drug-likeness (QED) is 0.843. The number of hydrogen-bond acceptors (Lipinski definition) is 3. The first kappa shape index (κ1) is 15.4. The van der Waals surface area contributed by atoms with Gasteiger partial charge in [-0.05, 0) is 37.8 Å². The summed E-state index contributed by atoms with van der Waals surface area (Å²) in [5.41, 5.74) is 0.921. The number of likely N-dealkylation sites (tertiary alicyclic amines) is 1. The number of carboxylic acid groups (broad SMARTS) is 1. The predicted octanol–water partition coefficient (Wildman–Crippen LogP) is 2.34. The molecule has 1 heterocycles. The number of rotatable bonds is 6. The fourth-order valence-electron chi connectivity index (χ4n) is 2.75. The molecular formula is C16H22N2O3. The van der Waals surface area contributed by atoms with Crippen LogP contribution >= 0.6 is 0 Å². The fraction of sp³-hybridized carbons (Fsp3) is 0.500. The summed E-state index contributed by atoms with van der Waals surface area (Å²) in [5.74, 6) is -0.746. The van der Waals surface area contributed by atoms with Crippen LogP contribution in [-0.2, 0) is 9.59 Å². The highest BCUT2D eigenvalue weighted by molar-refractivity contribution is 5.81. The van der Waals surface area contributed by atoms with Gasteiger partial charge in [-0.2, -0.15) is 0 Å². The van der Waals surface area contributed by atoms with Gasteiger partial charge in [-0.25, -0.2) is 0 Å². The smallest absolute Gasteiger partial charge is 0.303 e. The second kappa shape index (κ2) is 7.67. The van der Waals surface area contributed by atoms with E-state index >= 15 is 0 Å². The summed E-state index contributed by atoms with van der Waals surface area (Å²) in [6.45, 7) is 0.993. The Morgan fingerprint density at radius 2 is 2.00 bits per heavy atom. The lowest BCUT2D eigenvalue weighted by atomic mass is 9.98. The predicted molar refractivity (Wildman–Crippen MR) is 81.2 cm³/mol. The maximum atomic E-state index is 12.3. The highest BCUT2D eigenvalue weighted by Crippen LogP contribution is 2.21. The molecule has 114 valence electrons. The second-order valence-corrected chi connectivity index (χ2v) is 5.39. The summed E-state index contributed by atoms with van der Waals surface area (Å²) in [7, 11) is 0. The highest BCUT2D eigenvalue weighted by atomic mass is 16.4. The van der Waals surface area contributed by atoms with E-state index in [1.165, 1.54) is 0 Å². The van der Waals surface area contributed by atoms with E-state index in [2.05, 4.69) is 5.32 Å². The Balaban J connectivity index is 1.87. The first-order chi connectivity index (χ1) is 10.2. The normalized spacial score (nSPS) is 18.3. The monoisotopic (exact) mass is 290 g/mol. The zero-order valence-corrected chi connectivity index (χ0v) is 12.1. The summed E-state index contributed by atoms with van der Waals surface area (Å²) in [6, 6.07) is 9.68. The number of hydrogen-bond donors (Lipinski definition) is 2. The molecular weight excluding hydrogens is 268 g/mol. The number of amides is 1. The van der Waals surface area contributed by atoms with Gasteiger partial charge >= 0.3 is 5.97 Å². The Hall–Kier alpha value is -2.04. The molecule has 21 heavy (non-hydrogen) atoms. The van der Waals surface area contributed by atoms with Gasteiger partial charge in [0.2, 0.25) is 5.91 Å². The van der Waals surface area contributed by atoms with Crippen molar-refractivity contribution in [1.29, 1.82) is 0 Å². The van der Waals surface area contributed by atoms with Crippen LogP contribution in [0.25, 0.3) is 0 Å². The molecule has 5 heteroatoms. The number of carbonyl (C=O) groups excluding carboxylic acids is 1. The molecule has 1 fully saturated rings. The minimum Gasteiger partial charge on any atom is -0.481 e. The molecule has 0 aromatic heterocycles. The van der Waals surface area contributed by atoms with Gasteiger partial charge in [-0.15, -0.1) is 0 Å². The van der Waals surface area contributed by atoms with Crippen molar-refractivity contribution in [2.75, 3.05) is 18.4 Å². The number of nitrogens with zero attached hydrogens (tertiary/aromatic N) is 1. The summed E-state index contributed by atoms with van der Waals surface area (Å²) < 4.78 is 0. The first-order valence-electron chi connectivity index (χ1n) is 7.47. The lowest BCUT2D eigenvalue weighted by Crippen LogP contribution is -2.46. The van der Waals surface area contributed by atoms with Crippen molar-refractivity contribution < 1.29 is 14.7 Å². The zero-order chi connectivity index (χ0) is 15.1. The van der Waals surface area contributed by atoms with Gasteiger partial charge in [0, 0.05) is 24.7 Å². The van der Waals surface area contributed by atoms with Gasteiger partial charge in [0.05, 0.1) is 6.54 Å².